The van der Waals surface area contributed by atoms with Gasteiger partial charge in [0.15, 0.2) is 0 Å². The van der Waals surface area contributed by atoms with Gasteiger partial charge >= 0.3 is 0 Å². The zero-order valence-electron chi connectivity index (χ0n) is 25.6. The van der Waals surface area contributed by atoms with Crippen molar-refractivity contribution >= 4 is 33.5 Å². The Bertz CT molecular complexity index is 1750. The van der Waals surface area contributed by atoms with Crippen molar-refractivity contribution in [2.24, 2.45) is 10.9 Å². The lowest BCUT2D eigenvalue weighted by molar-refractivity contribution is 0.648. The first-order valence-corrected chi connectivity index (χ1v) is 16.3. The summed E-state index contributed by atoms with van der Waals surface area (Å²) in [6, 6.07) is 24.5. The summed E-state index contributed by atoms with van der Waals surface area (Å²) in [4.78, 5) is 5.22. The van der Waals surface area contributed by atoms with Gasteiger partial charge < -0.3 is 5.32 Å². The average Bonchev–Trinajstić information content (AvgIpc) is 3.08. The fourth-order valence-corrected chi connectivity index (χ4v) is 7.24. The van der Waals surface area contributed by atoms with Crippen LogP contribution in [0.15, 0.2) is 125 Å². The second kappa shape index (κ2) is 12.2. The second-order valence-electron chi connectivity index (χ2n) is 12.6. The Balaban J connectivity index is 1.30. The number of fused-ring (bicyclic) bond motifs is 1. The van der Waals surface area contributed by atoms with E-state index in [1.807, 2.05) is 0 Å². The predicted octanol–water partition coefficient (Wildman–Crippen LogP) is 10.6. The van der Waals surface area contributed by atoms with Crippen molar-refractivity contribution in [3.63, 3.8) is 0 Å². The Hall–Kier alpha value is -4.17. The van der Waals surface area contributed by atoms with Crippen LogP contribution in [0.4, 0.5) is 0 Å². The number of hydrogen-bond donors (Lipinski definition) is 1. The van der Waals surface area contributed by atoms with Crippen LogP contribution in [-0.4, -0.2) is 11.9 Å². The largest absolute Gasteiger partial charge is 0.360 e. The molecule has 0 radical (unpaired) electrons. The molecule has 3 aromatic rings. The highest BCUT2D eigenvalue weighted by Gasteiger charge is 2.25. The van der Waals surface area contributed by atoms with Gasteiger partial charge in [0.2, 0.25) is 0 Å². The van der Waals surface area contributed by atoms with Crippen LogP contribution in [0, 0.1) is 5.92 Å². The van der Waals surface area contributed by atoms with Crippen molar-refractivity contribution in [1.82, 2.24) is 5.32 Å². The summed E-state index contributed by atoms with van der Waals surface area (Å²) in [7, 11) is 0. The van der Waals surface area contributed by atoms with E-state index in [2.05, 4.69) is 122 Å². The molecule has 1 heterocycles. The zero-order chi connectivity index (χ0) is 29.2. The first kappa shape index (κ1) is 27.7. The van der Waals surface area contributed by atoms with Gasteiger partial charge in [0.05, 0.1) is 11.7 Å². The molecule has 0 saturated heterocycles. The molecule has 1 aliphatic heterocycles. The number of benzene rings is 3. The first-order chi connectivity index (χ1) is 21.2. The van der Waals surface area contributed by atoms with Crippen LogP contribution in [-0.2, 0) is 0 Å². The number of nitrogens with zero attached hydrogens (tertiary/aromatic N) is 1. The third-order valence-corrected chi connectivity index (χ3v) is 9.50. The molecule has 1 unspecified atom stereocenters. The molecule has 7 rings (SSSR count). The van der Waals surface area contributed by atoms with Crippen molar-refractivity contribution in [3.05, 3.63) is 137 Å². The smallest absolute Gasteiger partial charge is 0.130 e. The molecule has 43 heavy (non-hydrogen) atoms. The van der Waals surface area contributed by atoms with Crippen molar-refractivity contribution in [1.29, 1.82) is 0 Å². The van der Waals surface area contributed by atoms with Crippen LogP contribution in [0.5, 0.6) is 0 Å². The highest BCUT2D eigenvalue weighted by Crippen LogP contribution is 2.42. The van der Waals surface area contributed by atoms with E-state index in [4.69, 9.17) is 4.99 Å². The summed E-state index contributed by atoms with van der Waals surface area (Å²) in [5.41, 5.74) is 12.4. The van der Waals surface area contributed by atoms with Crippen LogP contribution in [0.2, 0.25) is 0 Å². The molecule has 4 aliphatic rings. The molecule has 3 aromatic carbocycles. The molecule has 0 bridgehead atoms. The second-order valence-corrected chi connectivity index (χ2v) is 12.6. The molecule has 0 amide bonds. The molecule has 0 aromatic heterocycles. The number of hydrogen-bond acceptors (Lipinski definition) is 2. The summed E-state index contributed by atoms with van der Waals surface area (Å²) in [5, 5.41) is 6.53. The highest BCUT2D eigenvalue weighted by atomic mass is 15.1. The van der Waals surface area contributed by atoms with Crippen LogP contribution >= 0.6 is 0 Å². The fraction of sp³-hybridized carbons (Fsp3) is 0.293. The molecule has 2 heteroatoms. The van der Waals surface area contributed by atoms with Gasteiger partial charge in [-0.25, -0.2) is 4.99 Å². The van der Waals surface area contributed by atoms with Gasteiger partial charge in [-0.15, -0.1) is 0 Å². The van der Waals surface area contributed by atoms with E-state index in [0.29, 0.717) is 5.92 Å². The molecule has 2 nitrogen and oxygen atoms in total. The minimum absolute atomic E-state index is 0.208. The van der Waals surface area contributed by atoms with E-state index in [1.165, 1.54) is 81.0 Å². The SMILES string of the molecule is CC(C)C1=C(c2ccc3ccccc3c2C2=CC=C(C3=NC(c4ccccc4)=CC(C4=CCCCC4)N3)CC2)CCC=C1. The minimum Gasteiger partial charge on any atom is -0.360 e. The molecule has 3 aliphatic carbocycles. The Morgan fingerprint density at radius 1 is 0.791 bits per heavy atom. The van der Waals surface area contributed by atoms with Crippen molar-refractivity contribution in [2.45, 2.75) is 71.3 Å². The Morgan fingerprint density at radius 2 is 1.60 bits per heavy atom. The summed E-state index contributed by atoms with van der Waals surface area (Å²) < 4.78 is 0. The van der Waals surface area contributed by atoms with E-state index in [9.17, 15) is 0 Å². The summed E-state index contributed by atoms with van der Waals surface area (Å²) in [5.74, 6) is 1.54. The third kappa shape index (κ3) is 5.64. The molecule has 0 saturated carbocycles. The number of rotatable bonds is 6. The summed E-state index contributed by atoms with van der Waals surface area (Å²) in [6.07, 6.45) is 23.4. The van der Waals surface area contributed by atoms with Crippen molar-refractivity contribution in [3.8, 4) is 0 Å². The van der Waals surface area contributed by atoms with Gasteiger partial charge in [-0.2, -0.15) is 0 Å². The quantitative estimate of drug-likeness (QED) is 0.297. The lowest BCUT2D eigenvalue weighted by atomic mass is 9.80. The van der Waals surface area contributed by atoms with E-state index in [0.717, 1.165) is 37.2 Å². The van der Waals surface area contributed by atoms with Gasteiger partial charge in [-0.05, 0) is 119 Å². The first-order valence-electron chi connectivity index (χ1n) is 16.3. The van der Waals surface area contributed by atoms with Crippen LogP contribution < -0.4 is 5.32 Å². The Kier molecular flexibility index (Phi) is 7.85. The number of aliphatic imine (C=N–C) groups is 1. The molecule has 1 atom stereocenters. The van der Waals surface area contributed by atoms with Gasteiger partial charge in [-0.1, -0.05) is 111 Å². The van der Waals surface area contributed by atoms with Gasteiger partial charge in [0.1, 0.15) is 5.84 Å². The molecule has 1 N–H and O–H groups in total. The average molecular weight is 563 g/mol. The lowest BCUT2D eigenvalue weighted by Gasteiger charge is -2.30. The van der Waals surface area contributed by atoms with Gasteiger partial charge in [0.25, 0.3) is 0 Å². The Morgan fingerprint density at radius 3 is 2.40 bits per heavy atom. The maximum atomic E-state index is 5.22. The summed E-state index contributed by atoms with van der Waals surface area (Å²) >= 11 is 0. The topological polar surface area (TPSA) is 24.4 Å². The fourth-order valence-electron chi connectivity index (χ4n) is 7.24. The van der Waals surface area contributed by atoms with E-state index in [-0.39, 0.29) is 6.04 Å². The van der Waals surface area contributed by atoms with E-state index >= 15 is 0 Å². The van der Waals surface area contributed by atoms with Gasteiger partial charge in [-0.3, -0.25) is 0 Å². The number of amidine groups is 1. The molecule has 216 valence electrons. The normalized spacial score (nSPS) is 20.7. The maximum Gasteiger partial charge on any atom is 0.130 e. The van der Waals surface area contributed by atoms with Crippen LogP contribution in [0.25, 0.3) is 27.6 Å². The zero-order valence-corrected chi connectivity index (χ0v) is 25.6. The monoisotopic (exact) mass is 562 g/mol. The molecular formula is C41H42N2. The van der Waals surface area contributed by atoms with E-state index < -0.39 is 0 Å². The number of nitrogens with one attached hydrogen (secondary N) is 1. The van der Waals surface area contributed by atoms with Crippen molar-refractivity contribution < 1.29 is 0 Å². The molecular weight excluding hydrogens is 520 g/mol. The van der Waals surface area contributed by atoms with Crippen LogP contribution in [0.3, 0.4) is 0 Å². The molecule has 0 spiro atoms. The van der Waals surface area contributed by atoms with E-state index in [1.54, 1.807) is 0 Å². The van der Waals surface area contributed by atoms with Crippen LogP contribution in [0.1, 0.15) is 81.9 Å². The molecule has 0 fully saturated rings. The van der Waals surface area contributed by atoms with Gasteiger partial charge in [0, 0.05) is 0 Å². The third-order valence-electron chi connectivity index (χ3n) is 9.50. The standard InChI is InChI=1S/C41H42N2/c1-28(2)34-18-11-12-20-36(34)37-26-25-29-13-9-10-19-35(29)40(37)32-21-23-33(24-22-32)41-42-38(30-14-5-3-6-15-30)27-39(43-41)31-16-7-4-8-17-31/h3,5-6,9-11,13-16,18-19,21,23,25-28,39H,4,7-8,12,17,20,22,24H2,1-2H3,(H,42,43). The maximum absolute atomic E-state index is 5.22. The summed E-state index contributed by atoms with van der Waals surface area (Å²) in [6.45, 7) is 4.65. The predicted molar refractivity (Wildman–Crippen MR) is 185 cm³/mol. The lowest BCUT2D eigenvalue weighted by Crippen LogP contribution is -2.39. The minimum atomic E-state index is 0.208. The van der Waals surface area contributed by atoms with Crippen molar-refractivity contribution in [2.75, 3.05) is 0 Å². The highest BCUT2D eigenvalue weighted by molar-refractivity contribution is 6.05. The Labute approximate surface area is 257 Å². The number of allylic oxidation sites excluding steroid dienone is 8.